The van der Waals surface area contributed by atoms with Crippen molar-refractivity contribution in [3.63, 3.8) is 0 Å². The molecule has 0 aromatic heterocycles. The van der Waals surface area contributed by atoms with Gasteiger partial charge in [0.2, 0.25) is 0 Å². The maximum Gasteiger partial charge on any atom is 0.338 e. The van der Waals surface area contributed by atoms with E-state index < -0.39 is 5.97 Å². The summed E-state index contributed by atoms with van der Waals surface area (Å²) in [7, 11) is 0. The van der Waals surface area contributed by atoms with Crippen LogP contribution < -0.4 is 0 Å². The first-order valence-corrected chi connectivity index (χ1v) is 9.62. The molecule has 0 aliphatic rings. The van der Waals surface area contributed by atoms with Crippen LogP contribution >= 0.6 is 0 Å². The van der Waals surface area contributed by atoms with Crippen LogP contribution in [0, 0.1) is 0 Å². The van der Waals surface area contributed by atoms with E-state index in [2.05, 4.69) is 6.92 Å². The highest BCUT2D eigenvalue weighted by Crippen LogP contribution is 2.13. The summed E-state index contributed by atoms with van der Waals surface area (Å²) in [6.07, 6.45) is 5.39. The summed E-state index contributed by atoms with van der Waals surface area (Å²) < 4.78 is 10.8. The van der Waals surface area contributed by atoms with E-state index in [1.54, 1.807) is 24.3 Å². The van der Waals surface area contributed by atoms with Crippen molar-refractivity contribution in [1.82, 2.24) is 0 Å². The number of hydrogen-bond donors (Lipinski definition) is 0. The highest BCUT2D eigenvalue weighted by atomic mass is 16.5. The molecule has 0 spiro atoms. The second-order valence-electron chi connectivity index (χ2n) is 6.70. The van der Waals surface area contributed by atoms with Crippen molar-refractivity contribution in [2.75, 3.05) is 0 Å². The number of ether oxygens (including phenoxy) is 2. The summed E-state index contributed by atoms with van der Waals surface area (Å²) in [4.78, 5) is 24.3. The van der Waals surface area contributed by atoms with Gasteiger partial charge in [0.1, 0.15) is 6.61 Å². The molecule has 0 fully saturated rings. The summed E-state index contributed by atoms with van der Waals surface area (Å²) in [5.74, 6) is -0.773. The number of benzene rings is 2. The van der Waals surface area contributed by atoms with Gasteiger partial charge in [-0.15, -0.1) is 0 Å². The van der Waals surface area contributed by atoms with E-state index in [4.69, 9.17) is 9.47 Å². The first-order valence-electron chi connectivity index (χ1n) is 9.62. The Bertz CT molecular complexity index is 707. The molecule has 1 unspecified atom stereocenters. The molecule has 144 valence electrons. The molecule has 0 N–H and O–H groups in total. The molecular formula is C23H28O4. The van der Waals surface area contributed by atoms with Crippen molar-refractivity contribution in [3.8, 4) is 0 Å². The average Bonchev–Trinajstić information content (AvgIpc) is 2.70. The summed E-state index contributed by atoms with van der Waals surface area (Å²) in [5, 5.41) is 0. The molecule has 4 nitrogen and oxygen atoms in total. The van der Waals surface area contributed by atoms with Crippen LogP contribution in [-0.2, 0) is 16.1 Å². The van der Waals surface area contributed by atoms with Gasteiger partial charge in [0, 0.05) is 0 Å². The van der Waals surface area contributed by atoms with Crippen LogP contribution in [0.15, 0.2) is 54.6 Å². The zero-order valence-electron chi connectivity index (χ0n) is 16.1. The number of unbranched alkanes of at least 4 members (excludes halogenated alkanes) is 3. The van der Waals surface area contributed by atoms with Crippen LogP contribution in [0.3, 0.4) is 0 Å². The van der Waals surface area contributed by atoms with E-state index in [9.17, 15) is 9.59 Å². The lowest BCUT2D eigenvalue weighted by molar-refractivity contribution is 0.0318. The molecule has 0 radical (unpaired) electrons. The Hall–Kier alpha value is -2.62. The SMILES string of the molecule is CCCCCCC(C)OC(=O)c1ccc(C(=O)OCc2ccccc2)cc1. The van der Waals surface area contributed by atoms with Crippen LogP contribution in [0.5, 0.6) is 0 Å². The molecule has 0 saturated carbocycles. The van der Waals surface area contributed by atoms with Crippen molar-refractivity contribution >= 4 is 11.9 Å². The maximum atomic E-state index is 12.2. The molecule has 0 aliphatic carbocycles. The smallest absolute Gasteiger partial charge is 0.338 e. The molecule has 0 saturated heterocycles. The van der Waals surface area contributed by atoms with Crippen molar-refractivity contribution in [1.29, 1.82) is 0 Å². The van der Waals surface area contributed by atoms with E-state index in [1.807, 2.05) is 37.3 Å². The van der Waals surface area contributed by atoms with Crippen LogP contribution in [0.4, 0.5) is 0 Å². The second kappa shape index (κ2) is 11.2. The Morgan fingerprint density at radius 1 is 0.852 bits per heavy atom. The van der Waals surface area contributed by atoms with Gasteiger partial charge in [0.15, 0.2) is 0 Å². The van der Waals surface area contributed by atoms with Crippen molar-refractivity contribution in [2.24, 2.45) is 0 Å². The van der Waals surface area contributed by atoms with Crippen molar-refractivity contribution in [3.05, 3.63) is 71.3 Å². The van der Waals surface area contributed by atoms with Gasteiger partial charge in [-0.2, -0.15) is 0 Å². The Balaban J connectivity index is 1.81. The number of rotatable bonds is 10. The first kappa shape index (κ1) is 20.7. The van der Waals surface area contributed by atoms with E-state index >= 15 is 0 Å². The highest BCUT2D eigenvalue weighted by molar-refractivity contribution is 5.93. The Morgan fingerprint density at radius 2 is 1.48 bits per heavy atom. The summed E-state index contributed by atoms with van der Waals surface area (Å²) in [6.45, 7) is 4.31. The molecule has 0 aliphatic heterocycles. The summed E-state index contributed by atoms with van der Waals surface area (Å²) >= 11 is 0. The summed E-state index contributed by atoms with van der Waals surface area (Å²) in [6, 6.07) is 15.9. The third-order valence-corrected chi connectivity index (χ3v) is 4.34. The third-order valence-electron chi connectivity index (χ3n) is 4.34. The average molecular weight is 368 g/mol. The Kier molecular flexibility index (Phi) is 8.56. The molecule has 2 aromatic carbocycles. The van der Waals surface area contributed by atoms with Gasteiger partial charge in [0.05, 0.1) is 17.2 Å². The number of esters is 2. The molecule has 4 heteroatoms. The van der Waals surface area contributed by atoms with Gasteiger partial charge in [0.25, 0.3) is 0 Å². The van der Waals surface area contributed by atoms with Crippen LogP contribution in [-0.4, -0.2) is 18.0 Å². The van der Waals surface area contributed by atoms with E-state index in [0.29, 0.717) is 11.1 Å². The quantitative estimate of drug-likeness (QED) is 0.407. The van der Waals surface area contributed by atoms with E-state index in [-0.39, 0.29) is 18.7 Å². The lowest BCUT2D eigenvalue weighted by Gasteiger charge is -2.13. The van der Waals surface area contributed by atoms with Gasteiger partial charge in [-0.05, 0) is 49.6 Å². The van der Waals surface area contributed by atoms with Crippen LogP contribution in [0.2, 0.25) is 0 Å². The monoisotopic (exact) mass is 368 g/mol. The normalized spacial score (nSPS) is 11.6. The van der Waals surface area contributed by atoms with Gasteiger partial charge >= 0.3 is 11.9 Å². The topological polar surface area (TPSA) is 52.6 Å². The minimum Gasteiger partial charge on any atom is -0.459 e. The fraction of sp³-hybridized carbons (Fsp3) is 0.391. The predicted octanol–water partition coefficient (Wildman–Crippen LogP) is 5.56. The lowest BCUT2D eigenvalue weighted by Crippen LogP contribution is -2.15. The minimum atomic E-state index is -0.414. The number of carbonyl (C=O) groups excluding carboxylic acids is 2. The molecule has 0 amide bonds. The van der Waals surface area contributed by atoms with Gasteiger partial charge in [-0.1, -0.05) is 56.5 Å². The molecule has 27 heavy (non-hydrogen) atoms. The van der Waals surface area contributed by atoms with Gasteiger partial charge < -0.3 is 9.47 Å². The van der Waals surface area contributed by atoms with Crippen LogP contribution in [0.25, 0.3) is 0 Å². The van der Waals surface area contributed by atoms with Crippen LogP contribution in [0.1, 0.15) is 72.2 Å². The molecule has 1 atom stereocenters. The lowest BCUT2D eigenvalue weighted by atomic mass is 10.1. The summed E-state index contributed by atoms with van der Waals surface area (Å²) in [5.41, 5.74) is 1.78. The number of hydrogen-bond acceptors (Lipinski definition) is 4. The zero-order valence-corrected chi connectivity index (χ0v) is 16.1. The fourth-order valence-corrected chi connectivity index (χ4v) is 2.72. The Labute approximate surface area is 161 Å². The van der Waals surface area contributed by atoms with E-state index in [0.717, 1.165) is 24.8 Å². The highest BCUT2D eigenvalue weighted by Gasteiger charge is 2.14. The first-order chi connectivity index (χ1) is 13.1. The number of carbonyl (C=O) groups is 2. The standard InChI is InChI=1S/C23H28O4/c1-3-4-5-7-10-18(2)27-23(25)21-15-13-20(14-16-21)22(24)26-17-19-11-8-6-9-12-19/h6,8-9,11-16,18H,3-5,7,10,17H2,1-2H3. The van der Waals surface area contributed by atoms with Crippen molar-refractivity contribution < 1.29 is 19.1 Å². The molecule has 2 aromatic rings. The fourth-order valence-electron chi connectivity index (χ4n) is 2.72. The zero-order chi connectivity index (χ0) is 19.5. The molecular weight excluding hydrogens is 340 g/mol. The molecule has 2 rings (SSSR count). The Morgan fingerprint density at radius 3 is 2.11 bits per heavy atom. The van der Waals surface area contributed by atoms with Gasteiger partial charge in [-0.3, -0.25) is 0 Å². The minimum absolute atomic E-state index is 0.107. The second-order valence-corrected chi connectivity index (χ2v) is 6.70. The molecule has 0 bridgehead atoms. The predicted molar refractivity (Wildman–Crippen MR) is 106 cm³/mol. The van der Waals surface area contributed by atoms with Gasteiger partial charge in [-0.25, -0.2) is 9.59 Å². The van der Waals surface area contributed by atoms with Crippen molar-refractivity contribution in [2.45, 2.75) is 58.7 Å². The third kappa shape index (κ3) is 7.26. The molecule has 0 heterocycles. The largest absolute Gasteiger partial charge is 0.459 e. The van der Waals surface area contributed by atoms with E-state index in [1.165, 1.54) is 12.8 Å². The maximum absolute atomic E-state index is 12.2.